The van der Waals surface area contributed by atoms with Crippen molar-refractivity contribution in [2.45, 2.75) is 25.7 Å². The fourth-order valence-electron chi connectivity index (χ4n) is 2.78. The van der Waals surface area contributed by atoms with E-state index in [-0.39, 0.29) is 6.42 Å². The summed E-state index contributed by atoms with van der Waals surface area (Å²) in [4.78, 5) is 21.9. The number of anilines is 1. The average molecular weight is 297 g/mol. The minimum Gasteiger partial charge on any atom is -0.481 e. The molecule has 3 rings (SSSR count). The second kappa shape index (κ2) is 6.56. The first kappa shape index (κ1) is 14.5. The van der Waals surface area contributed by atoms with Crippen molar-refractivity contribution in [1.82, 2.24) is 9.97 Å². The number of hydrogen-bond acceptors (Lipinski definition) is 4. The summed E-state index contributed by atoms with van der Waals surface area (Å²) in [5, 5.41) is 8.74. The summed E-state index contributed by atoms with van der Waals surface area (Å²) in [6.07, 6.45) is 6.55. The van der Waals surface area contributed by atoms with Gasteiger partial charge in [-0.25, -0.2) is 4.98 Å². The Morgan fingerprint density at radius 1 is 1.09 bits per heavy atom. The Hall–Kier alpha value is -2.43. The summed E-state index contributed by atoms with van der Waals surface area (Å²) in [5.74, 6) is 0.174. The van der Waals surface area contributed by atoms with Crippen LogP contribution in [0, 0.1) is 0 Å². The number of carboxylic acids is 1. The van der Waals surface area contributed by atoms with Crippen molar-refractivity contribution in [1.29, 1.82) is 0 Å². The van der Waals surface area contributed by atoms with Gasteiger partial charge in [0.05, 0.1) is 0 Å². The van der Waals surface area contributed by atoms with Crippen molar-refractivity contribution in [3.8, 4) is 11.3 Å². The van der Waals surface area contributed by atoms with Crippen molar-refractivity contribution in [3.05, 3.63) is 42.2 Å². The highest BCUT2D eigenvalue weighted by Crippen LogP contribution is 2.29. The fraction of sp³-hybridized carbons (Fsp3) is 0.353. The molecule has 1 fully saturated rings. The molecule has 0 bridgehead atoms. The summed E-state index contributed by atoms with van der Waals surface area (Å²) < 4.78 is 0. The van der Waals surface area contributed by atoms with E-state index in [1.807, 2.05) is 24.3 Å². The molecule has 2 heterocycles. The Kier molecular flexibility index (Phi) is 4.32. The standard InChI is InChI=1S/C17H19N3O2/c21-15(22)8-5-13-3-6-14(7-4-13)16-17(19-10-9-18-16)20-11-1-2-12-20/h3-4,6-7,9-10H,1-2,5,8,11-12H2,(H,21,22). The number of benzene rings is 1. The maximum absolute atomic E-state index is 10.6. The second-order valence-corrected chi connectivity index (χ2v) is 5.51. The zero-order chi connectivity index (χ0) is 15.4. The molecule has 5 nitrogen and oxygen atoms in total. The first-order valence-electron chi connectivity index (χ1n) is 7.61. The highest BCUT2D eigenvalue weighted by atomic mass is 16.4. The first-order chi connectivity index (χ1) is 10.7. The van der Waals surface area contributed by atoms with Crippen LogP contribution in [0.5, 0.6) is 0 Å². The number of nitrogens with zero attached hydrogens (tertiary/aromatic N) is 3. The minimum atomic E-state index is -0.769. The van der Waals surface area contributed by atoms with Crippen LogP contribution >= 0.6 is 0 Å². The van der Waals surface area contributed by atoms with Gasteiger partial charge in [0.1, 0.15) is 5.69 Å². The van der Waals surface area contributed by atoms with E-state index >= 15 is 0 Å². The van der Waals surface area contributed by atoms with Gasteiger partial charge in [-0.3, -0.25) is 9.78 Å². The first-order valence-corrected chi connectivity index (χ1v) is 7.61. The molecule has 0 amide bonds. The lowest BCUT2D eigenvalue weighted by Gasteiger charge is -2.19. The van der Waals surface area contributed by atoms with E-state index in [1.165, 1.54) is 12.8 Å². The monoisotopic (exact) mass is 297 g/mol. The normalized spacial score (nSPS) is 14.3. The van der Waals surface area contributed by atoms with Crippen molar-refractivity contribution in [2.24, 2.45) is 0 Å². The van der Waals surface area contributed by atoms with Gasteiger partial charge >= 0.3 is 5.97 Å². The summed E-state index contributed by atoms with van der Waals surface area (Å²) in [6.45, 7) is 2.06. The number of hydrogen-bond donors (Lipinski definition) is 1. The van der Waals surface area contributed by atoms with E-state index < -0.39 is 5.97 Å². The van der Waals surface area contributed by atoms with Crippen LogP contribution in [-0.2, 0) is 11.2 Å². The van der Waals surface area contributed by atoms with Gasteiger partial charge in [0, 0.05) is 37.5 Å². The van der Waals surface area contributed by atoms with Crippen LogP contribution in [0.15, 0.2) is 36.7 Å². The van der Waals surface area contributed by atoms with Crippen LogP contribution in [0.25, 0.3) is 11.3 Å². The van der Waals surface area contributed by atoms with Crippen LogP contribution in [0.1, 0.15) is 24.8 Å². The number of aliphatic carboxylic acids is 1. The van der Waals surface area contributed by atoms with Crippen molar-refractivity contribution >= 4 is 11.8 Å². The second-order valence-electron chi connectivity index (χ2n) is 5.51. The van der Waals surface area contributed by atoms with E-state index in [1.54, 1.807) is 12.4 Å². The molecule has 0 aliphatic carbocycles. The van der Waals surface area contributed by atoms with Crippen LogP contribution < -0.4 is 4.90 Å². The van der Waals surface area contributed by atoms with Crippen LogP contribution in [-0.4, -0.2) is 34.1 Å². The van der Waals surface area contributed by atoms with Crippen molar-refractivity contribution in [2.75, 3.05) is 18.0 Å². The molecule has 1 aliphatic rings. The zero-order valence-electron chi connectivity index (χ0n) is 12.4. The molecule has 114 valence electrons. The molecule has 0 unspecified atom stereocenters. The summed E-state index contributed by atoms with van der Waals surface area (Å²) >= 11 is 0. The summed E-state index contributed by atoms with van der Waals surface area (Å²) in [5.41, 5.74) is 2.95. The van der Waals surface area contributed by atoms with Crippen LogP contribution in [0.3, 0.4) is 0 Å². The summed E-state index contributed by atoms with van der Waals surface area (Å²) in [6, 6.07) is 7.95. The average Bonchev–Trinajstić information content (AvgIpc) is 3.08. The van der Waals surface area contributed by atoms with Crippen LogP contribution in [0.2, 0.25) is 0 Å². The van der Waals surface area contributed by atoms with E-state index in [4.69, 9.17) is 5.11 Å². The highest BCUT2D eigenvalue weighted by Gasteiger charge is 2.18. The fourth-order valence-corrected chi connectivity index (χ4v) is 2.78. The number of aromatic nitrogens is 2. The third-order valence-corrected chi connectivity index (χ3v) is 3.94. The molecule has 1 aromatic carbocycles. The topological polar surface area (TPSA) is 66.3 Å². The Balaban J connectivity index is 1.83. The van der Waals surface area contributed by atoms with Gasteiger partial charge in [-0.05, 0) is 24.8 Å². The third kappa shape index (κ3) is 3.24. The maximum atomic E-state index is 10.6. The Bertz CT molecular complexity index is 649. The molecule has 1 N–H and O–H groups in total. The molecule has 0 spiro atoms. The molecule has 0 radical (unpaired) electrons. The quantitative estimate of drug-likeness (QED) is 0.919. The minimum absolute atomic E-state index is 0.156. The number of carboxylic acid groups (broad SMARTS) is 1. The molecule has 5 heteroatoms. The Morgan fingerprint density at radius 3 is 2.45 bits per heavy atom. The number of rotatable bonds is 5. The third-order valence-electron chi connectivity index (χ3n) is 3.94. The van der Waals surface area contributed by atoms with E-state index in [0.29, 0.717) is 6.42 Å². The maximum Gasteiger partial charge on any atom is 0.303 e. The lowest BCUT2D eigenvalue weighted by atomic mass is 10.1. The summed E-state index contributed by atoms with van der Waals surface area (Å²) in [7, 11) is 0. The van der Waals surface area contributed by atoms with E-state index in [2.05, 4.69) is 14.9 Å². The van der Waals surface area contributed by atoms with Gasteiger partial charge in [0.2, 0.25) is 0 Å². The highest BCUT2D eigenvalue weighted by molar-refractivity contribution is 5.72. The molecule has 1 saturated heterocycles. The number of aryl methyl sites for hydroxylation is 1. The van der Waals surface area contributed by atoms with Gasteiger partial charge in [0.25, 0.3) is 0 Å². The molecular weight excluding hydrogens is 278 g/mol. The smallest absolute Gasteiger partial charge is 0.303 e. The predicted molar refractivity (Wildman–Crippen MR) is 84.9 cm³/mol. The molecular formula is C17H19N3O2. The largest absolute Gasteiger partial charge is 0.481 e. The lowest BCUT2D eigenvalue weighted by Crippen LogP contribution is -2.20. The van der Waals surface area contributed by atoms with Gasteiger partial charge in [-0.1, -0.05) is 24.3 Å². The molecule has 1 aromatic heterocycles. The predicted octanol–water partition coefficient (Wildman–Crippen LogP) is 2.76. The SMILES string of the molecule is O=C(O)CCc1ccc(-c2nccnc2N2CCCC2)cc1. The van der Waals surface area contributed by atoms with Crippen molar-refractivity contribution < 1.29 is 9.90 Å². The molecule has 2 aromatic rings. The Labute approximate surface area is 129 Å². The van der Waals surface area contributed by atoms with Crippen LogP contribution in [0.4, 0.5) is 5.82 Å². The lowest BCUT2D eigenvalue weighted by molar-refractivity contribution is -0.136. The number of carbonyl (C=O) groups is 1. The van der Waals surface area contributed by atoms with Gasteiger partial charge in [-0.15, -0.1) is 0 Å². The Morgan fingerprint density at radius 2 is 1.77 bits per heavy atom. The molecule has 0 atom stereocenters. The van der Waals surface area contributed by atoms with E-state index in [9.17, 15) is 4.79 Å². The zero-order valence-corrected chi connectivity index (χ0v) is 12.4. The van der Waals surface area contributed by atoms with E-state index in [0.717, 1.165) is 35.7 Å². The van der Waals surface area contributed by atoms with Gasteiger partial charge in [-0.2, -0.15) is 0 Å². The van der Waals surface area contributed by atoms with Gasteiger partial charge in [0.15, 0.2) is 5.82 Å². The van der Waals surface area contributed by atoms with Crippen molar-refractivity contribution in [3.63, 3.8) is 0 Å². The molecule has 22 heavy (non-hydrogen) atoms. The van der Waals surface area contributed by atoms with Gasteiger partial charge < -0.3 is 10.0 Å². The molecule has 1 aliphatic heterocycles. The molecule has 0 saturated carbocycles.